The second-order valence-corrected chi connectivity index (χ2v) is 6.37. The lowest BCUT2D eigenvalue weighted by atomic mass is 10.1. The van der Waals surface area contributed by atoms with E-state index in [2.05, 4.69) is 15.4 Å². The van der Waals surface area contributed by atoms with Crippen LogP contribution in [0.3, 0.4) is 0 Å². The Morgan fingerprint density at radius 2 is 1.62 bits per heavy atom. The van der Waals surface area contributed by atoms with E-state index in [-0.39, 0.29) is 24.1 Å². The largest absolute Gasteiger partial charge is 0.435 e. The molecule has 0 aliphatic carbocycles. The molecule has 0 saturated carbocycles. The van der Waals surface area contributed by atoms with E-state index in [1.807, 2.05) is 30.3 Å². The van der Waals surface area contributed by atoms with E-state index in [4.69, 9.17) is 0 Å². The van der Waals surface area contributed by atoms with Crippen LogP contribution >= 0.6 is 0 Å². The zero-order valence-corrected chi connectivity index (χ0v) is 15.5. The lowest BCUT2D eigenvalue weighted by Gasteiger charge is -2.09. The highest BCUT2D eigenvalue weighted by atomic mass is 19.3. The van der Waals surface area contributed by atoms with Gasteiger partial charge in [-0.25, -0.2) is 0 Å². The van der Waals surface area contributed by atoms with Crippen LogP contribution in [0.5, 0.6) is 5.75 Å². The lowest BCUT2D eigenvalue weighted by molar-refractivity contribution is -0.120. The number of fused-ring (bicyclic) bond motifs is 1. The summed E-state index contributed by atoms with van der Waals surface area (Å²) in [6, 6.07) is 19.3. The number of halogens is 2. The normalized spacial score (nSPS) is 10.7. The number of nitrogens with one attached hydrogen (secondary N) is 2. The average molecular weight is 398 g/mol. The molecule has 0 heterocycles. The molecule has 29 heavy (non-hydrogen) atoms. The van der Waals surface area contributed by atoms with Crippen LogP contribution in [0.2, 0.25) is 0 Å². The van der Waals surface area contributed by atoms with E-state index in [1.54, 1.807) is 24.3 Å². The topological polar surface area (TPSA) is 67.4 Å². The minimum Gasteiger partial charge on any atom is -0.435 e. The van der Waals surface area contributed by atoms with Gasteiger partial charge in [-0.1, -0.05) is 42.5 Å². The molecule has 5 nitrogen and oxygen atoms in total. The minimum atomic E-state index is -2.86. The molecule has 150 valence electrons. The molecule has 0 aliphatic heterocycles. The Morgan fingerprint density at radius 1 is 0.897 bits per heavy atom. The van der Waals surface area contributed by atoms with Gasteiger partial charge in [0, 0.05) is 12.1 Å². The number of ether oxygens (including phenoxy) is 1. The smallest absolute Gasteiger partial charge is 0.387 e. The Labute approximate surface area is 166 Å². The highest BCUT2D eigenvalue weighted by molar-refractivity contribution is 5.99. The quantitative estimate of drug-likeness (QED) is 0.610. The summed E-state index contributed by atoms with van der Waals surface area (Å²) in [4.78, 5) is 24.2. The molecule has 0 aliphatic rings. The molecule has 0 spiro atoms. The van der Waals surface area contributed by atoms with Crippen molar-refractivity contribution >= 4 is 22.6 Å². The van der Waals surface area contributed by atoms with E-state index in [1.165, 1.54) is 12.1 Å². The molecule has 7 heteroatoms. The Kier molecular flexibility index (Phi) is 6.73. The van der Waals surface area contributed by atoms with Crippen LogP contribution in [0, 0.1) is 0 Å². The van der Waals surface area contributed by atoms with Gasteiger partial charge in [0.25, 0.3) is 5.91 Å². The zero-order chi connectivity index (χ0) is 20.6. The number of hydrogen-bond acceptors (Lipinski definition) is 3. The first-order valence-corrected chi connectivity index (χ1v) is 9.09. The van der Waals surface area contributed by atoms with E-state index >= 15 is 0 Å². The fourth-order valence-electron chi connectivity index (χ4n) is 2.84. The highest BCUT2D eigenvalue weighted by Crippen LogP contribution is 2.16. The average Bonchev–Trinajstić information content (AvgIpc) is 2.72. The van der Waals surface area contributed by atoms with E-state index < -0.39 is 6.61 Å². The number of hydrogen-bond donors (Lipinski definition) is 2. The third kappa shape index (κ3) is 6.00. The van der Waals surface area contributed by atoms with Gasteiger partial charge in [0.1, 0.15) is 5.75 Å². The van der Waals surface area contributed by atoms with Crippen LogP contribution in [0.15, 0.2) is 66.7 Å². The van der Waals surface area contributed by atoms with Crippen molar-refractivity contribution in [2.45, 2.75) is 13.0 Å². The van der Waals surface area contributed by atoms with Gasteiger partial charge in [-0.3, -0.25) is 9.59 Å². The zero-order valence-electron chi connectivity index (χ0n) is 15.5. The summed E-state index contributed by atoms with van der Waals surface area (Å²) in [5.41, 5.74) is 1.36. The van der Waals surface area contributed by atoms with Gasteiger partial charge >= 0.3 is 6.61 Å². The second-order valence-electron chi connectivity index (χ2n) is 6.37. The maximum absolute atomic E-state index is 12.2. The van der Waals surface area contributed by atoms with Gasteiger partial charge < -0.3 is 15.4 Å². The molecule has 0 fully saturated rings. The van der Waals surface area contributed by atoms with Crippen molar-refractivity contribution in [3.8, 4) is 5.75 Å². The molecule has 2 N–H and O–H groups in total. The van der Waals surface area contributed by atoms with Crippen LogP contribution < -0.4 is 15.4 Å². The molecule has 0 atom stereocenters. The minimum absolute atomic E-state index is 0.0872. The molecule has 0 unspecified atom stereocenters. The standard InChI is InChI=1S/C22H20F2N2O3/c23-22(24)29-19-9-5-15(6-10-19)11-12-25-20(27)14-26-21(28)18-8-7-16-3-1-2-4-17(16)13-18/h1-10,13,22H,11-12,14H2,(H,25,27)(H,26,28). The molecular weight excluding hydrogens is 378 g/mol. The summed E-state index contributed by atoms with van der Waals surface area (Å²) in [6.45, 7) is -2.63. The Balaban J connectivity index is 1.41. The van der Waals surface area contributed by atoms with Gasteiger partial charge in [0.2, 0.25) is 5.91 Å². The summed E-state index contributed by atoms with van der Waals surface area (Å²) in [6.07, 6.45) is 0.527. The van der Waals surface area contributed by atoms with Gasteiger partial charge in [-0.2, -0.15) is 8.78 Å². The second kappa shape index (κ2) is 9.64. The summed E-state index contributed by atoms with van der Waals surface area (Å²) in [5, 5.41) is 7.30. The number of alkyl halides is 2. The summed E-state index contributed by atoms with van der Waals surface area (Å²) in [7, 11) is 0. The maximum atomic E-state index is 12.2. The first-order chi connectivity index (χ1) is 14.0. The Hall–Kier alpha value is -3.48. The van der Waals surface area contributed by atoms with Gasteiger partial charge in [0.05, 0.1) is 6.54 Å². The number of carbonyl (C=O) groups is 2. The van der Waals surface area contributed by atoms with Crippen LogP contribution in [-0.2, 0) is 11.2 Å². The van der Waals surface area contributed by atoms with Crippen molar-refractivity contribution in [3.63, 3.8) is 0 Å². The van der Waals surface area contributed by atoms with Crippen LogP contribution in [0.1, 0.15) is 15.9 Å². The van der Waals surface area contributed by atoms with Crippen molar-refractivity contribution in [2.24, 2.45) is 0 Å². The highest BCUT2D eigenvalue weighted by Gasteiger charge is 2.09. The molecule has 0 bridgehead atoms. The van der Waals surface area contributed by atoms with Gasteiger partial charge in [-0.05, 0) is 47.0 Å². The van der Waals surface area contributed by atoms with E-state index in [9.17, 15) is 18.4 Å². The molecule has 0 saturated heterocycles. The Bertz CT molecular complexity index is 991. The molecular formula is C22H20F2N2O3. The van der Waals surface area contributed by atoms with Crippen molar-refractivity contribution in [2.75, 3.05) is 13.1 Å². The van der Waals surface area contributed by atoms with E-state index in [0.29, 0.717) is 18.5 Å². The number of amides is 2. The Morgan fingerprint density at radius 3 is 2.34 bits per heavy atom. The van der Waals surface area contributed by atoms with Gasteiger partial charge in [-0.15, -0.1) is 0 Å². The predicted molar refractivity (Wildman–Crippen MR) is 106 cm³/mol. The number of carbonyl (C=O) groups excluding carboxylic acids is 2. The monoisotopic (exact) mass is 398 g/mol. The molecule has 3 rings (SSSR count). The van der Waals surface area contributed by atoms with Crippen molar-refractivity contribution in [1.82, 2.24) is 10.6 Å². The first-order valence-electron chi connectivity index (χ1n) is 9.09. The van der Waals surface area contributed by atoms with Gasteiger partial charge in [0.15, 0.2) is 0 Å². The van der Waals surface area contributed by atoms with Crippen LogP contribution in [0.4, 0.5) is 8.78 Å². The summed E-state index contributed by atoms with van der Waals surface area (Å²) >= 11 is 0. The van der Waals surface area contributed by atoms with Crippen LogP contribution in [-0.4, -0.2) is 31.5 Å². The summed E-state index contributed by atoms with van der Waals surface area (Å²) in [5.74, 6) is -0.540. The fourth-order valence-corrected chi connectivity index (χ4v) is 2.84. The van der Waals surface area contributed by atoms with Crippen molar-refractivity contribution in [1.29, 1.82) is 0 Å². The van der Waals surface area contributed by atoms with Crippen molar-refractivity contribution in [3.05, 3.63) is 77.9 Å². The number of benzene rings is 3. The maximum Gasteiger partial charge on any atom is 0.387 e. The molecule has 3 aromatic rings. The van der Waals surface area contributed by atoms with E-state index in [0.717, 1.165) is 16.3 Å². The molecule has 0 aromatic heterocycles. The number of rotatable bonds is 8. The summed E-state index contributed by atoms with van der Waals surface area (Å²) < 4.78 is 28.5. The predicted octanol–water partition coefficient (Wildman–Crippen LogP) is 3.53. The van der Waals surface area contributed by atoms with Crippen molar-refractivity contribution < 1.29 is 23.1 Å². The molecule has 3 aromatic carbocycles. The third-order valence-electron chi connectivity index (χ3n) is 4.31. The molecule has 0 radical (unpaired) electrons. The first kappa shape index (κ1) is 20.3. The lowest BCUT2D eigenvalue weighted by Crippen LogP contribution is -2.37. The molecule has 2 amide bonds. The third-order valence-corrected chi connectivity index (χ3v) is 4.31. The fraction of sp³-hybridized carbons (Fsp3) is 0.182. The van der Waals surface area contributed by atoms with Crippen LogP contribution in [0.25, 0.3) is 10.8 Å². The SMILES string of the molecule is O=C(CNC(=O)c1ccc2ccccc2c1)NCCc1ccc(OC(F)F)cc1.